The van der Waals surface area contributed by atoms with Gasteiger partial charge in [-0.1, -0.05) is 146 Å². The van der Waals surface area contributed by atoms with Gasteiger partial charge < -0.3 is 9.67 Å². The van der Waals surface area contributed by atoms with E-state index < -0.39 is 13.2 Å². The third kappa shape index (κ3) is 4.64. The third-order valence-electron chi connectivity index (χ3n) is 6.47. The minimum Gasteiger partial charge on any atom is -0.387 e. The van der Waals surface area contributed by atoms with Gasteiger partial charge in [0.25, 0.3) is 0 Å². The molecule has 172 valence electrons. The maximum atomic E-state index is 14.7. The number of aliphatic hydroxyl groups excluding tert-OH is 1. The van der Waals surface area contributed by atoms with Crippen LogP contribution in [0.4, 0.5) is 0 Å². The van der Waals surface area contributed by atoms with Crippen LogP contribution >= 0.6 is 7.14 Å². The summed E-state index contributed by atoms with van der Waals surface area (Å²) >= 11 is 0. The zero-order valence-electron chi connectivity index (χ0n) is 19.3. The van der Waals surface area contributed by atoms with Gasteiger partial charge in [0.1, 0.15) is 0 Å². The first-order valence-corrected chi connectivity index (χ1v) is 13.5. The van der Waals surface area contributed by atoms with Crippen LogP contribution in [0.3, 0.4) is 0 Å². The highest BCUT2D eigenvalue weighted by Crippen LogP contribution is 2.43. The summed E-state index contributed by atoms with van der Waals surface area (Å²) < 4.78 is 14.7. The van der Waals surface area contributed by atoms with E-state index in [1.54, 1.807) is 0 Å². The number of benzene rings is 5. The average molecular weight is 475 g/mol. The molecule has 0 fully saturated rings. The van der Waals surface area contributed by atoms with E-state index in [0.717, 1.165) is 32.6 Å². The lowest BCUT2D eigenvalue weighted by Crippen LogP contribution is -2.25. The zero-order chi connectivity index (χ0) is 24.1. The first-order chi connectivity index (χ1) is 17.2. The van der Waals surface area contributed by atoms with E-state index in [2.05, 4.69) is 0 Å². The van der Waals surface area contributed by atoms with Gasteiger partial charge in [-0.25, -0.2) is 0 Å². The fourth-order valence-electron chi connectivity index (χ4n) is 4.67. The maximum absolute atomic E-state index is 14.7. The monoisotopic (exact) mass is 474 g/mol. The summed E-state index contributed by atoms with van der Waals surface area (Å²) in [5.74, 6) is -0.250. The summed E-state index contributed by atoms with van der Waals surface area (Å²) in [5.41, 5.74) is 2.87. The Kier molecular flexibility index (Phi) is 6.77. The predicted molar refractivity (Wildman–Crippen MR) is 146 cm³/mol. The second kappa shape index (κ2) is 10.3. The van der Waals surface area contributed by atoms with Gasteiger partial charge in [0.2, 0.25) is 0 Å². The highest BCUT2D eigenvalue weighted by Gasteiger charge is 2.30. The van der Waals surface area contributed by atoms with Crippen LogP contribution in [0.5, 0.6) is 0 Å². The van der Waals surface area contributed by atoms with Gasteiger partial charge in [-0.2, -0.15) is 0 Å². The Balaban J connectivity index is 1.60. The van der Waals surface area contributed by atoms with Crippen LogP contribution in [0.25, 0.3) is 0 Å². The fourth-order valence-corrected chi connectivity index (χ4v) is 7.32. The average Bonchev–Trinajstić information content (AvgIpc) is 2.95. The molecule has 1 unspecified atom stereocenters. The number of hydrogen-bond acceptors (Lipinski definition) is 2. The van der Waals surface area contributed by atoms with Gasteiger partial charge in [-0.3, -0.25) is 0 Å². The Bertz CT molecular complexity index is 1360. The standard InChI is InChI=1S/C32H27O2P/c33-32(27-15-7-2-8-16-27)31(25-13-5-1-6-14-25)26-21-23-30(24-22-26)35(34,28-17-9-3-10-18-28)29-19-11-4-12-20-29/h1-24,31-33H/t31?,32-/m0/s1. The molecule has 0 saturated heterocycles. The van der Waals surface area contributed by atoms with Crippen molar-refractivity contribution in [2.45, 2.75) is 12.0 Å². The largest absolute Gasteiger partial charge is 0.387 e. The van der Waals surface area contributed by atoms with E-state index >= 15 is 0 Å². The van der Waals surface area contributed by atoms with Crippen molar-refractivity contribution in [2.75, 3.05) is 0 Å². The molecule has 0 spiro atoms. The first-order valence-electron chi connectivity index (χ1n) is 11.8. The molecule has 0 heterocycles. The van der Waals surface area contributed by atoms with Crippen molar-refractivity contribution in [3.05, 3.63) is 162 Å². The third-order valence-corrected chi connectivity index (χ3v) is 9.55. The Morgan fingerprint density at radius 3 is 1.23 bits per heavy atom. The number of aliphatic hydroxyl groups is 1. The van der Waals surface area contributed by atoms with Gasteiger partial charge in [0.15, 0.2) is 7.14 Å². The highest BCUT2D eigenvalue weighted by molar-refractivity contribution is 7.85. The van der Waals surface area contributed by atoms with Gasteiger partial charge in [-0.15, -0.1) is 0 Å². The van der Waals surface area contributed by atoms with E-state index in [1.165, 1.54) is 0 Å². The summed E-state index contributed by atoms with van der Waals surface area (Å²) in [5, 5.41) is 13.8. The van der Waals surface area contributed by atoms with Crippen molar-refractivity contribution in [3.63, 3.8) is 0 Å². The molecular weight excluding hydrogens is 447 g/mol. The first kappa shape index (κ1) is 23.1. The molecule has 1 N–H and O–H groups in total. The van der Waals surface area contributed by atoms with Crippen molar-refractivity contribution in [1.82, 2.24) is 0 Å². The summed E-state index contributed by atoms with van der Waals surface area (Å²) in [6, 6.07) is 47.1. The van der Waals surface area contributed by atoms with Crippen molar-refractivity contribution in [2.24, 2.45) is 0 Å². The molecule has 0 aliphatic carbocycles. The predicted octanol–water partition coefficient (Wildman–Crippen LogP) is 6.19. The Morgan fingerprint density at radius 2 is 0.771 bits per heavy atom. The molecule has 0 radical (unpaired) electrons. The van der Waals surface area contributed by atoms with E-state index in [-0.39, 0.29) is 5.92 Å². The lowest BCUT2D eigenvalue weighted by atomic mass is 9.84. The highest BCUT2D eigenvalue weighted by atomic mass is 31.2. The van der Waals surface area contributed by atoms with Crippen LogP contribution in [-0.2, 0) is 4.57 Å². The molecule has 3 heteroatoms. The molecular formula is C32H27O2P. The summed E-state index contributed by atoms with van der Waals surface area (Å²) in [6.07, 6.45) is -0.709. The smallest absolute Gasteiger partial charge is 0.171 e. The SMILES string of the molecule is O=P(c1ccccc1)(c1ccccc1)c1ccc(C(c2ccccc2)[C@@H](O)c2ccccc2)cc1. The lowest BCUT2D eigenvalue weighted by Gasteiger charge is -2.26. The molecule has 0 bridgehead atoms. The Morgan fingerprint density at radius 1 is 0.429 bits per heavy atom. The molecule has 0 aliphatic heterocycles. The summed E-state index contributed by atoms with van der Waals surface area (Å²) in [4.78, 5) is 0. The molecule has 5 aromatic rings. The van der Waals surface area contributed by atoms with E-state index in [0.29, 0.717) is 0 Å². The second-order valence-electron chi connectivity index (χ2n) is 8.62. The molecule has 2 nitrogen and oxygen atoms in total. The molecule has 0 aliphatic rings. The lowest BCUT2D eigenvalue weighted by molar-refractivity contribution is 0.159. The maximum Gasteiger partial charge on any atom is 0.171 e. The van der Waals surface area contributed by atoms with Crippen molar-refractivity contribution >= 4 is 23.1 Å². The fraction of sp³-hybridized carbons (Fsp3) is 0.0625. The van der Waals surface area contributed by atoms with Crippen LogP contribution < -0.4 is 15.9 Å². The van der Waals surface area contributed by atoms with Crippen LogP contribution in [0.2, 0.25) is 0 Å². The second-order valence-corrected chi connectivity index (χ2v) is 11.4. The summed E-state index contributed by atoms with van der Waals surface area (Å²) in [7, 11) is -3.04. The van der Waals surface area contributed by atoms with Gasteiger partial charge in [0, 0.05) is 21.8 Å². The zero-order valence-corrected chi connectivity index (χ0v) is 20.2. The van der Waals surface area contributed by atoms with Crippen LogP contribution in [0.15, 0.2) is 146 Å². The Labute approximate surface area is 206 Å². The molecule has 0 amide bonds. The van der Waals surface area contributed by atoms with E-state index in [4.69, 9.17) is 0 Å². The molecule has 5 rings (SSSR count). The molecule has 0 saturated carbocycles. The van der Waals surface area contributed by atoms with E-state index in [9.17, 15) is 9.67 Å². The van der Waals surface area contributed by atoms with E-state index in [1.807, 2.05) is 146 Å². The number of rotatable bonds is 7. The van der Waals surface area contributed by atoms with Crippen LogP contribution in [0.1, 0.15) is 28.7 Å². The van der Waals surface area contributed by atoms with Crippen LogP contribution in [0, 0.1) is 0 Å². The molecule has 2 atom stereocenters. The quantitative estimate of drug-likeness (QED) is 0.286. The molecule has 5 aromatic carbocycles. The van der Waals surface area contributed by atoms with Gasteiger partial charge >= 0.3 is 0 Å². The minimum atomic E-state index is -3.04. The minimum absolute atomic E-state index is 0.250. The summed E-state index contributed by atoms with van der Waals surface area (Å²) in [6.45, 7) is 0. The number of hydrogen-bond donors (Lipinski definition) is 1. The van der Waals surface area contributed by atoms with Crippen LogP contribution in [-0.4, -0.2) is 5.11 Å². The molecule has 0 aromatic heterocycles. The van der Waals surface area contributed by atoms with Gasteiger partial charge in [0.05, 0.1) is 6.10 Å². The van der Waals surface area contributed by atoms with Gasteiger partial charge in [-0.05, 0) is 16.7 Å². The van der Waals surface area contributed by atoms with Crippen molar-refractivity contribution in [3.8, 4) is 0 Å². The van der Waals surface area contributed by atoms with Crippen molar-refractivity contribution in [1.29, 1.82) is 0 Å². The Hall–Kier alpha value is -3.71. The molecule has 35 heavy (non-hydrogen) atoms. The van der Waals surface area contributed by atoms with Crippen molar-refractivity contribution < 1.29 is 9.67 Å². The topological polar surface area (TPSA) is 37.3 Å². The normalized spacial score (nSPS) is 13.2.